The number of carbonyl (C=O) groups excluding carboxylic acids is 1. The lowest BCUT2D eigenvalue weighted by Gasteiger charge is -2.03. The second-order valence-electron chi connectivity index (χ2n) is 3.82. The van der Waals surface area contributed by atoms with Gasteiger partial charge >= 0.3 is 0 Å². The molecule has 0 radical (unpaired) electrons. The molecule has 0 atom stereocenters. The van der Waals surface area contributed by atoms with E-state index in [0.717, 1.165) is 0 Å². The molecule has 0 saturated carbocycles. The maximum Gasteiger partial charge on any atom is 0.167 e. The van der Waals surface area contributed by atoms with Gasteiger partial charge in [-0.2, -0.15) is 0 Å². The van der Waals surface area contributed by atoms with Crippen molar-refractivity contribution in [1.82, 2.24) is 0 Å². The molecule has 0 saturated heterocycles. The fourth-order valence-corrected chi connectivity index (χ4v) is 1.63. The largest absolute Gasteiger partial charge is 0.399 e. The summed E-state index contributed by atoms with van der Waals surface area (Å²) in [5, 5.41) is 0. The van der Waals surface area contributed by atoms with Crippen molar-refractivity contribution >= 4 is 11.5 Å². The number of anilines is 1. The molecule has 0 bridgehead atoms. The van der Waals surface area contributed by atoms with Gasteiger partial charge < -0.3 is 5.73 Å². The zero-order valence-electron chi connectivity index (χ0n) is 9.19. The van der Waals surface area contributed by atoms with Gasteiger partial charge in [-0.25, -0.2) is 4.39 Å². The number of nitrogen functional groups attached to an aromatic ring is 1. The van der Waals surface area contributed by atoms with E-state index in [-0.39, 0.29) is 18.0 Å². The topological polar surface area (TPSA) is 43.1 Å². The van der Waals surface area contributed by atoms with Crippen LogP contribution >= 0.6 is 0 Å². The number of Topliss-reactive ketones (excluding diaryl/α,β-unsaturated/α-hetero) is 1. The van der Waals surface area contributed by atoms with Crippen LogP contribution in [0.15, 0.2) is 48.5 Å². The number of hydrogen-bond acceptors (Lipinski definition) is 2. The van der Waals surface area contributed by atoms with Crippen molar-refractivity contribution < 1.29 is 9.18 Å². The maximum absolute atomic E-state index is 13.4. The van der Waals surface area contributed by atoms with Crippen molar-refractivity contribution in [2.24, 2.45) is 0 Å². The highest BCUT2D eigenvalue weighted by molar-refractivity contribution is 5.98. The first-order chi connectivity index (χ1) is 8.16. The Bertz CT molecular complexity index is 551. The molecule has 86 valence electrons. The SMILES string of the molecule is Nc1cccc(C(=O)Cc2ccccc2F)c1. The van der Waals surface area contributed by atoms with Crippen LogP contribution in [0.3, 0.4) is 0 Å². The van der Waals surface area contributed by atoms with E-state index in [4.69, 9.17) is 5.73 Å². The predicted molar refractivity (Wildman–Crippen MR) is 65.3 cm³/mol. The molecule has 2 aromatic carbocycles. The van der Waals surface area contributed by atoms with Crippen LogP contribution in [0, 0.1) is 5.82 Å². The Morgan fingerprint density at radius 2 is 1.88 bits per heavy atom. The van der Waals surface area contributed by atoms with Crippen LogP contribution in [0.1, 0.15) is 15.9 Å². The van der Waals surface area contributed by atoms with E-state index < -0.39 is 0 Å². The Hall–Kier alpha value is -2.16. The van der Waals surface area contributed by atoms with E-state index in [1.54, 1.807) is 42.5 Å². The third-order valence-corrected chi connectivity index (χ3v) is 2.52. The summed E-state index contributed by atoms with van der Waals surface area (Å²) >= 11 is 0. The molecule has 0 aliphatic heterocycles. The van der Waals surface area contributed by atoms with Gasteiger partial charge in [0.2, 0.25) is 0 Å². The molecule has 0 amide bonds. The van der Waals surface area contributed by atoms with Crippen LogP contribution in [-0.2, 0) is 6.42 Å². The van der Waals surface area contributed by atoms with Gasteiger partial charge in [0.25, 0.3) is 0 Å². The zero-order valence-corrected chi connectivity index (χ0v) is 9.19. The Labute approximate surface area is 98.9 Å². The average molecular weight is 229 g/mol. The Morgan fingerprint density at radius 1 is 1.12 bits per heavy atom. The first-order valence-electron chi connectivity index (χ1n) is 5.29. The van der Waals surface area contributed by atoms with Crippen LogP contribution in [0.4, 0.5) is 10.1 Å². The molecular weight excluding hydrogens is 217 g/mol. The second-order valence-corrected chi connectivity index (χ2v) is 3.82. The molecule has 3 heteroatoms. The van der Waals surface area contributed by atoms with Gasteiger partial charge in [0.05, 0.1) is 0 Å². The maximum atomic E-state index is 13.4. The number of ketones is 1. The highest BCUT2D eigenvalue weighted by Gasteiger charge is 2.09. The van der Waals surface area contributed by atoms with Gasteiger partial charge in [0.1, 0.15) is 5.82 Å². The number of hydrogen-bond donors (Lipinski definition) is 1. The summed E-state index contributed by atoms with van der Waals surface area (Å²) in [6.07, 6.45) is 0.0517. The van der Waals surface area contributed by atoms with Gasteiger partial charge in [0, 0.05) is 17.7 Å². The average Bonchev–Trinajstić information content (AvgIpc) is 2.32. The van der Waals surface area contributed by atoms with E-state index in [2.05, 4.69) is 0 Å². The predicted octanol–water partition coefficient (Wildman–Crippen LogP) is 2.83. The molecule has 2 N–H and O–H groups in total. The first kappa shape index (κ1) is 11.3. The van der Waals surface area contributed by atoms with Crippen molar-refractivity contribution in [3.8, 4) is 0 Å². The minimum atomic E-state index is -0.357. The van der Waals surface area contributed by atoms with E-state index in [1.807, 2.05) is 0 Å². The van der Waals surface area contributed by atoms with Crippen molar-refractivity contribution in [2.45, 2.75) is 6.42 Å². The first-order valence-corrected chi connectivity index (χ1v) is 5.29. The van der Waals surface area contributed by atoms with Gasteiger partial charge in [-0.3, -0.25) is 4.79 Å². The van der Waals surface area contributed by atoms with Gasteiger partial charge in [-0.15, -0.1) is 0 Å². The fourth-order valence-electron chi connectivity index (χ4n) is 1.63. The molecule has 2 rings (SSSR count). The highest BCUT2D eigenvalue weighted by atomic mass is 19.1. The minimum Gasteiger partial charge on any atom is -0.399 e. The molecule has 0 aliphatic rings. The minimum absolute atomic E-state index is 0.0517. The lowest BCUT2D eigenvalue weighted by molar-refractivity contribution is 0.0992. The third-order valence-electron chi connectivity index (χ3n) is 2.52. The summed E-state index contributed by atoms with van der Waals surface area (Å²) in [4.78, 5) is 11.9. The number of benzene rings is 2. The van der Waals surface area contributed by atoms with Crippen molar-refractivity contribution in [3.05, 3.63) is 65.5 Å². The van der Waals surface area contributed by atoms with Gasteiger partial charge in [-0.05, 0) is 23.8 Å². The molecule has 0 heterocycles. The molecule has 0 aromatic heterocycles. The lowest BCUT2D eigenvalue weighted by Crippen LogP contribution is -2.05. The quantitative estimate of drug-likeness (QED) is 0.649. The van der Waals surface area contributed by atoms with Crippen molar-refractivity contribution in [2.75, 3.05) is 5.73 Å². The normalized spacial score (nSPS) is 10.2. The summed E-state index contributed by atoms with van der Waals surface area (Å²) in [7, 11) is 0. The highest BCUT2D eigenvalue weighted by Crippen LogP contribution is 2.13. The molecule has 17 heavy (non-hydrogen) atoms. The number of carbonyl (C=O) groups is 1. The third kappa shape index (κ3) is 2.69. The standard InChI is InChI=1S/C14H12FNO/c15-13-7-2-1-4-10(13)9-14(17)11-5-3-6-12(16)8-11/h1-8H,9,16H2. The Balaban J connectivity index is 2.20. The van der Waals surface area contributed by atoms with Gasteiger partial charge in [-0.1, -0.05) is 30.3 Å². The van der Waals surface area contributed by atoms with E-state index >= 15 is 0 Å². The van der Waals surface area contributed by atoms with Crippen molar-refractivity contribution in [1.29, 1.82) is 0 Å². The molecule has 0 spiro atoms. The number of halogens is 1. The van der Waals surface area contributed by atoms with Crippen LogP contribution in [0.2, 0.25) is 0 Å². The second kappa shape index (κ2) is 4.78. The molecular formula is C14H12FNO. The smallest absolute Gasteiger partial charge is 0.167 e. The van der Waals surface area contributed by atoms with Gasteiger partial charge in [0.15, 0.2) is 5.78 Å². The number of nitrogens with two attached hydrogens (primary N) is 1. The fraction of sp³-hybridized carbons (Fsp3) is 0.0714. The lowest BCUT2D eigenvalue weighted by atomic mass is 10.0. The zero-order chi connectivity index (χ0) is 12.3. The van der Waals surface area contributed by atoms with Crippen LogP contribution < -0.4 is 5.73 Å². The Kier molecular flexibility index (Phi) is 3.19. The summed E-state index contributed by atoms with van der Waals surface area (Å²) in [5.74, 6) is -0.493. The molecule has 2 nitrogen and oxygen atoms in total. The number of rotatable bonds is 3. The van der Waals surface area contributed by atoms with Crippen molar-refractivity contribution in [3.63, 3.8) is 0 Å². The summed E-state index contributed by atoms with van der Waals surface area (Å²) in [5.41, 5.74) is 7.04. The Morgan fingerprint density at radius 3 is 2.59 bits per heavy atom. The summed E-state index contributed by atoms with van der Waals surface area (Å²) in [6, 6.07) is 13.0. The van der Waals surface area contributed by atoms with E-state index in [9.17, 15) is 9.18 Å². The molecule has 2 aromatic rings. The molecule has 0 fully saturated rings. The summed E-state index contributed by atoms with van der Waals surface area (Å²) in [6.45, 7) is 0. The van der Waals surface area contributed by atoms with Crippen LogP contribution in [0.5, 0.6) is 0 Å². The monoisotopic (exact) mass is 229 g/mol. The molecule has 0 aliphatic carbocycles. The molecule has 0 unspecified atom stereocenters. The van der Waals surface area contributed by atoms with Crippen LogP contribution in [-0.4, -0.2) is 5.78 Å². The summed E-state index contributed by atoms with van der Waals surface area (Å²) < 4.78 is 13.4. The van der Waals surface area contributed by atoms with E-state index in [1.165, 1.54) is 6.07 Å². The van der Waals surface area contributed by atoms with Crippen LogP contribution in [0.25, 0.3) is 0 Å². The van der Waals surface area contributed by atoms with E-state index in [0.29, 0.717) is 16.8 Å².